The Morgan fingerprint density at radius 2 is 2.15 bits per heavy atom. The molecule has 1 aromatic heterocycles. The summed E-state index contributed by atoms with van der Waals surface area (Å²) in [5.74, 6) is 0.744. The fraction of sp³-hybridized carbons (Fsp3) is 0.750. The predicted molar refractivity (Wildman–Crippen MR) is 82.5 cm³/mol. The lowest BCUT2D eigenvalue weighted by Gasteiger charge is -2.37. The molecule has 1 aliphatic heterocycles. The molecule has 2 rings (SSSR count). The predicted octanol–water partition coefficient (Wildman–Crippen LogP) is 2.64. The highest BCUT2D eigenvalue weighted by Gasteiger charge is 2.23. The monoisotopic (exact) mass is 276 g/mol. The van der Waals surface area contributed by atoms with Crippen molar-refractivity contribution in [2.45, 2.75) is 52.1 Å². The largest absolute Gasteiger partial charge is 0.307 e. The number of hydrogen-bond acceptors (Lipinski definition) is 4. The minimum absolute atomic E-state index is 0.270. The molecule has 1 aromatic rings. The van der Waals surface area contributed by atoms with E-state index in [2.05, 4.69) is 41.0 Å². The lowest BCUT2D eigenvalue weighted by molar-refractivity contribution is 0.127. The van der Waals surface area contributed by atoms with Crippen LogP contribution in [-0.4, -0.2) is 40.5 Å². The standard InChI is InChI=1S/C16H28N4/c1-13(2)12-20-9-5-4-6-15(20)10-19-14(3)16-11-17-7-8-18-16/h7-8,11,13-15,19H,4-6,9-10,12H2,1-3H3/t14-,15+/m1/s1. The van der Waals surface area contributed by atoms with Gasteiger partial charge in [0.1, 0.15) is 0 Å². The number of rotatable bonds is 6. The summed E-state index contributed by atoms with van der Waals surface area (Å²) < 4.78 is 0. The molecule has 20 heavy (non-hydrogen) atoms. The molecule has 4 heteroatoms. The van der Waals surface area contributed by atoms with Gasteiger partial charge in [0.05, 0.1) is 5.69 Å². The van der Waals surface area contributed by atoms with E-state index in [1.54, 1.807) is 12.4 Å². The Hall–Kier alpha value is -1.00. The van der Waals surface area contributed by atoms with Crippen LogP contribution >= 0.6 is 0 Å². The molecule has 0 aromatic carbocycles. The van der Waals surface area contributed by atoms with Crippen LogP contribution in [-0.2, 0) is 0 Å². The summed E-state index contributed by atoms with van der Waals surface area (Å²) in [6, 6.07) is 0.941. The summed E-state index contributed by atoms with van der Waals surface area (Å²) in [6.07, 6.45) is 9.36. The van der Waals surface area contributed by atoms with Gasteiger partial charge in [-0.25, -0.2) is 0 Å². The molecule has 1 aliphatic rings. The van der Waals surface area contributed by atoms with Crippen molar-refractivity contribution in [2.24, 2.45) is 5.92 Å². The molecule has 2 heterocycles. The van der Waals surface area contributed by atoms with Crippen LogP contribution in [0.5, 0.6) is 0 Å². The zero-order chi connectivity index (χ0) is 14.4. The fourth-order valence-electron chi connectivity index (χ4n) is 2.95. The number of piperidine rings is 1. The lowest BCUT2D eigenvalue weighted by atomic mass is 10.00. The molecule has 1 saturated heterocycles. The van der Waals surface area contributed by atoms with Gasteiger partial charge >= 0.3 is 0 Å². The Bertz CT molecular complexity index is 379. The van der Waals surface area contributed by atoms with Gasteiger partial charge in [0.25, 0.3) is 0 Å². The van der Waals surface area contributed by atoms with Gasteiger partial charge in [-0.3, -0.25) is 14.9 Å². The summed E-state index contributed by atoms with van der Waals surface area (Å²) in [6.45, 7) is 10.3. The minimum atomic E-state index is 0.270. The first-order chi connectivity index (χ1) is 9.66. The van der Waals surface area contributed by atoms with Crippen LogP contribution in [0.1, 0.15) is 51.8 Å². The molecule has 0 spiro atoms. The third-order valence-corrected chi connectivity index (χ3v) is 4.04. The molecule has 112 valence electrons. The van der Waals surface area contributed by atoms with Gasteiger partial charge in [-0.1, -0.05) is 20.3 Å². The van der Waals surface area contributed by atoms with Crippen molar-refractivity contribution in [2.75, 3.05) is 19.6 Å². The van der Waals surface area contributed by atoms with Crippen molar-refractivity contribution in [1.29, 1.82) is 0 Å². The summed E-state index contributed by atoms with van der Waals surface area (Å²) in [5.41, 5.74) is 1.03. The first-order valence-electron chi connectivity index (χ1n) is 7.90. The van der Waals surface area contributed by atoms with Gasteiger partial charge in [-0.15, -0.1) is 0 Å². The quantitative estimate of drug-likeness (QED) is 0.867. The van der Waals surface area contributed by atoms with Crippen molar-refractivity contribution in [3.8, 4) is 0 Å². The van der Waals surface area contributed by atoms with E-state index in [1.807, 2.05) is 6.20 Å². The van der Waals surface area contributed by atoms with E-state index in [-0.39, 0.29) is 6.04 Å². The SMILES string of the molecule is CC(C)CN1CCCC[C@H]1CN[C@H](C)c1cnccn1. The summed E-state index contributed by atoms with van der Waals surface area (Å²) in [5, 5.41) is 3.63. The second-order valence-corrected chi connectivity index (χ2v) is 6.30. The Labute approximate surface area is 123 Å². The maximum atomic E-state index is 4.37. The van der Waals surface area contributed by atoms with Crippen LogP contribution in [0.3, 0.4) is 0 Å². The van der Waals surface area contributed by atoms with Crippen LogP contribution in [0.4, 0.5) is 0 Å². The van der Waals surface area contributed by atoms with E-state index >= 15 is 0 Å². The summed E-state index contributed by atoms with van der Waals surface area (Å²) >= 11 is 0. The molecule has 0 saturated carbocycles. The van der Waals surface area contributed by atoms with Crippen molar-refractivity contribution in [3.05, 3.63) is 24.3 Å². The molecular formula is C16H28N4. The van der Waals surface area contributed by atoms with Crippen molar-refractivity contribution in [1.82, 2.24) is 20.2 Å². The van der Waals surface area contributed by atoms with Gasteiger partial charge < -0.3 is 5.32 Å². The van der Waals surface area contributed by atoms with Crippen LogP contribution in [0.2, 0.25) is 0 Å². The molecule has 1 fully saturated rings. The average Bonchev–Trinajstić information content (AvgIpc) is 2.46. The molecule has 0 radical (unpaired) electrons. The second kappa shape index (κ2) is 7.70. The van der Waals surface area contributed by atoms with Crippen molar-refractivity contribution < 1.29 is 0 Å². The zero-order valence-corrected chi connectivity index (χ0v) is 13.0. The Kier molecular flexibility index (Phi) is 5.92. The van der Waals surface area contributed by atoms with E-state index in [1.165, 1.54) is 32.4 Å². The summed E-state index contributed by atoms with van der Waals surface area (Å²) in [4.78, 5) is 11.2. The van der Waals surface area contributed by atoms with Gasteiger partial charge in [-0.05, 0) is 32.2 Å². The normalized spacial score (nSPS) is 22.1. The molecule has 0 unspecified atom stereocenters. The molecule has 0 bridgehead atoms. The Morgan fingerprint density at radius 1 is 1.30 bits per heavy atom. The van der Waals surface area contributed by atoms with E-state index in [0.717, 1.165) is 18.2 Å². The molecule has 4 nitrogen and oxygen atoms in total. The number of likely N-dealkylation sites (tertiary alicyclic amines) is 1. The zero-order valence-electron chi connectivity index (χ0n) is 13.0. The minimum Gasteiger partial charge on any atom is -0.307 e. The van der Waals surface area contributed by atoms with Gasteiger partial charge in [0.2, 0.25) is 0 Å². The third-order valence-electron chi connectivity index (χ3n) is 4.04. The Morgan fingerprint density at radius 3 is 2.85 bits per heavy atom. The van der Waals surface area contributed by atoms with Crippen LogP contribution in [0, 0.1) is 5.92 Å². The van der Waals surface area contributed by atoms with Gasteiger partial charge in [0.15, 0.2) is 0 Å². The number of nitrogens with zero attached hydrogens (tertiary/aromatic N) is 3. The van der Waals surface area contributed by atoms with Gasteiger partial charge in [0, 0.05) is 43.8 Å². The average molecular weight is 276 g/mol. The van der Waals surface area contributed by atoms with Gasteiger partial charge in [-0.2, -0.15) is 0 Å². The Balaban J connectivity index is 1.84. The van der Waals surface area contributed by atoms with E-state index in [9.17, 15) is 0 Å². The smallest absolute Gasteiger partial charge is 0.0753 e. The van der Waals surface area contributed by atoms with Crippen LogP contribution in [0.15, 0.2) is 18.6 Å². The summed E-state index contributed by atoms with van der Waals surface area (Å²) in [7, 11) is 0. The highest BCUT2D eigenvalue weighted by Crippen LogP contribution is 2.18. The second-order valence-electron chi connectivity index (χ2n) is 6.30. The third kappa shape index (κ3) is 4.53. The number of aromatic nitrogens is 2. The highest BCUT2D eigenvalue weighted by molar-refractivity contribution is 5.00. The van der Waals surface area contributed by atoms with Crippen molar-refractivity contribution in [3.63, 3.8) is 0 Å². The number of hydrogen-bond donors (Lipinski definition) is 1. The van der Waals surface area contributed by atoms with E-state index < -0.39 is 0 Å². The molecule has 2 atom stereocenters. The van der Waals surface area contributed by atoms with E-state index in [4.69, 9.17) is 0 Å². The van der Waals surface area contributed by atoms with Crippen molar-refractivity contribution >= 4 is 0 Å². The fourth-order valence-corrected chi connectivity index (χ4v) is 2.95. The molecule has 0 amide bonds. The van der Waals surface area contributed by atoms with E-state index in [0.29, 0.717) is 6.04 Å². The lowest BCUT2D eigenvalue weighted by Crippen LogP contribution is -2.47. The molecular weight excluding hydrogens is 248 g/mol. The number of nitrogens with one attached hydrogen (secondary N) is 1. The molecule has 1 N–H and O–H groups in total. The first-order valence-corrected chi connectivity index (χ1v) is 7.90. The maximum absolute atomic E-state index is 4.37. The maximum Gasteiger partial charge on any atom is 0.0753 e. The molecule has 0 aliphatic carbocycles. The van der Waals surface area contributed by atoms with Crippen LogP contribution < -0.4 is 5.32 Å². The van der Waals surface area contributed by atoms with Crippen LogP contribution in [0.25, 0.3) is 0 Å². The first kappa shape index (κ1) is 15.4. The topological polar surface area (TPSA) is 41.0 Å². The highest BCUT2D eigenvalue weighted by atomic mass is 15.2.